The molecule has 1 heterocycles. The summed E-state index contributed by atoms with van der Waals surface area (Å²) in [6.45, 7) is 0. The first kappa shape index (κ1) is 19.6. The fourth-order valence-corrected chi connectivity index (χ4v) is 3.15. The van der Waals surface area contributed by atoms with Gasteiger partial charge >= 0.3 is 5.97 Å². The van der Waals surface area contributed by atoms with Crippen LogP contribution in [0.1, 0.15) is 22.3 Å². The van der Waals surface area contributed by atoms with Crippen LogP contribution < -0.4 is 10.1 Å². The molecule has 1 N–H and O–H groups in total. The number of esters is 1. The number of rotatable bonds is 6. The van der Waals surface area contributed by atoms with E-state index in [-0.39, 0.29) is 23.8 Å². The molecule has 0 fully saturated rings. The second kappa shape index (κ2) is 8.71. The summed E-state index contributed by atoms with van der Waals surface area (Å²) in [6.07, 6.45) is 0.691. The molecule has 3 aromatic rings. The number of fused-ring (bicyclic) bond motifs is 1. The van der Waals surface area contributed by atoms with E-state index in [1.54, 1.807) is 18.2 Å². The normalized spacial score (nSPS) is 10.5. The first-order valence-corrected chi connectivity index (χ1v) is 9.00. The van der Waals surface area contributed by atoms with Gasteiger partial charge in [0, 0.05) is 22.5 Å². The van der Waals surface area contributed by atoms with Crippen LogP contribution in [0, 0.1) is 0 Å². The van der Waals surface area contributed by atoms with Crippen LogP contribution in [0.25, 0.3) is 10.9 Å². The molecule has 0 unspecified atom stereocenters. The van der Waals surface area contributed by atoms with Gasteiger partial charge in [-0.05, 0) is 42.3 Å². The van der Waals surface area contributed by atoms with Crippen molar-refractivity contribution in [3.05, 3.63) is 64.7 Å². The Kier molecular flexibility index (Phi) is 6.11. The molecule has 0 saturated carbocycles. The number of para-hydroxylation sites is 1. The van der Waals surface area contributed by atoms with E-state index in [1.165, 1.54) is 14.2 Å². The van der Waals surface area contributed by atoms with Crippen molar-refractivity contribution in [3.8, 4) is 5.88 Å². The highest BCUT2D eigenvalue weighted by Crippen LogP contribution is 2.29. The molecule has 0 aliphatic heterocycles. The molecule has 2 aromatic carbocycles. The lowest BCUT2D eigenvalue weighted by Crippen LogP contribution is -2.12. The molecule has 3 rings (SSSR count). The number of benzene rings is 2. The second-order valence-electron chi connectivity index (χ2n) is 6.09. The summed E-state index contributed by atoms with van der Waals surface area (Å²) in [5.74, 6) is -0.496. The lowest BCUT2D eigenvalue weighted by Gasteiger charge is -2.12. The maximum absolute atomic E-state index is 12.3. The van der Waals surface area contributed by atoms with E-state index in [4.69, 9.17) is 21.1 Å². The minimum Gasteiger partial charge on any atom is -0.480 e. The Labute approximate surface area is 167 Å². The molecule has 28 heavy (non-hydrogen) atoms. The number of aromatic nitrogens is 1. The van der Waals surface area contributed by atoms with Gasteiger partial charge in [0.05, 0.1) is 19.7 Å². The highest BCUT2D eigenvalue weighted by atomic mass is 35.5. The number of hydrogen-bond donors (Lipinski definition) is 1. The van der Waals surface area contributed by atoms with Gasteiger partial charge in [-0.25, -0.2) is 9.78 Å². The molecule has 1 aromatic heterocycles. The number of aryl methyl sites for hydroxylation is 1. The molecule has 1 amide bonds. The van der Waals surface area contributed by atoms with E-state index in [2.05, 4.69) is 10.3 Å². The molecule has 0 saturated heterocycles. The van der Waals surface area contributed by atoms with E-state index in [9.17, 15) is 9.59 Å². The number of hydrogen-bond acceptors (Lipinski definition) is 5. The predicted molar refractivity (Wildman–Crippen MR) is 108 cm³/mol. The van der Waals surface area contributed by atoms with E-state index in [0.29, 0.717) is 22.3 Å². The van der Waals surface area contributed by atoms with E-state index in [1.807, 2.05) is 30.3 Å². The first-order valence-electron chi connectivity index (χ1n) is 8.62. The topological polar surface area (TPSA) is 77.5 Å². The number of amides is 1. The second-order valence-corrected chi connectivity index (χ2v) is 6.52. The van der Waals surface area contributed by atoms with Crippen molar-refractivity contribution in [1.29, 1.82) is 0 Å². The van der Waals surface area contributed by atoms with Gasteiger partial charge in [0.25, 0.3) is 0 Å². The zero-order chi connectivity index (χ0) is 20.1. The minimum atomic E-state index is -0.546. The Morgan fingerprint density at radius 3 is 2.54 bits per heavy atom. The number of anilines is 1. The van der Waals surface area contributed by atoms with Crippen LogP contribution in [0.2, 0.25) is 5.02 Å². The van der Waals surface area contributed by atoms with Crippen LogP contribution in [0.5, 0.6) is 5.88 Å². The Hall–Kier alpha value is -3.12. The summed E-state index contributed by atoms with van der Waals surface area (Å²) in [5, 5.41) is 4.02. The minimum absolute atomic E-state index is 0.113. The van der Waals surface area contributed by atoms with E-state index in [0.717, 1.165) is 11.3 Å². The van der Waals surface area contributed by atoms with Gasteiger partial charge in [0.2, 0.25) is 11.8 Å². The number of nitrogens with zero attached hydrogens (tertiary/aromatic N) is 1. The van der Waals surface area contributed by atoms with E-state index >= 15 is 0 Å². The van der Waals surface area contributed by atoms with Crippen molar-refractivity contribution in [2.75, 3.05) is 19.5 Å². The standard InChI is InChI=1S/C21H19ClN2O4/c1-27-20-17(21(26)28-2)12-14-11-15(22)10-13(19(14)24-20)8-9-18(25)23-16-6-4-3-5-7-16/h3-7,10-12H,8-9H2,1-2H3,(H,23,25). The highest BCUT2D eigenvalue weighted by molar-refractivity contribution is 6.31. The SMILES string of the molecule is COC(=O)c1cc2cc(Cl)cc(CCC(=O)Nc3ccccc3)c2nc1OC. The maximum atomic E-state index is 12.3. The van der Waals surface area contributed by atoms with Gasteiger partial charge in [-0.3, -0.25) is 4.79 Å². The van der Waals surface area contributed by atoms with Crippen molar-refractivity contribution in [1.82, 2.24) is 4.98 Å². The Morgan fingerprint density at radius 1 is 1.11 bits per heavy atom. The number of ether oxygens (including phenoxy) is 2. The highest BCUT2D eigenvalue weighted by Gasteiger charge is 2.18. The molecule has 0 radical (unpaired) electrons. The Morgan fingerprint density at radius 2 is 1.86 bits per heavy atom. The maximum Gasteiger partial charge on any atom is 0.343 e. The Balaban J connectivity index is 1.88. The Bertz CT molecular complexity index is 1020. The van der Waals surface area contributed by atoms with Crippen LogP contribution in [-0.2, 0) is 16.0 Å². The molecule has 7 heteroatoms. The number of carbonyl (C=O) groups is 2. The summed E-state index contributed by atoms with van der Waals surface area (Å²) in [5.41, 5.74) is 2.38. The molecule has 0 aliphatic rings. The first-order chi connectivity index (χ1) is 13.5. The van der Waals surface area contributed by atoms with Crippen molar-refractivity contribution >= 4 is 40.1 Å². The molecule has 144 valence electrons. The third-order valence-corrected chi connectivity index (χ3v) is 4.42. The summed E-state index contributed by atoms with van der Waals surface area (Å²) in [4.78, 5) is 28.7. The van der Waals surface area contributed by atoms with Gasteiger partial charge < -0.3 is 14.8 Å². The number of methoxy groups -OCH3 is 2. The number of nitrogens with one attached hydrogen (secondary N) is 1. The largest absolute Gasteiger partial charge is 0.480 e. The van der Waals surface area contributed by atoms with Gasteiger partial charge in [0.15, 0.2) is 0 Å². The molecular formula is C21H19ClN2O4. The number of carbonyl (C=O) groups excluding carboxylic acids is 2. The van der Waals surface area contributed by atoms with Crippen LogP contribution in [0.3, 0.4) is 0 Å². The lowest BCUT2D eigenvalue weighted by molar-refractivity contribution is -0.116. The zero-order valence-corrected chi connectivity index (χ0v) is 16.2. The van der Waals surface area contributed by atoms with E-state index < -0.39 is 5.97 Å². The quantitative estimate of drug-likeness (QED) is 0.628. The number of pyridine rings is 1. The summed E-state index contributed by atoms with van der Waals surface area (Å²) in [6, 6.07) is 14.4. The monoisotopic (exact) mass is 398 g/mol. The summed E-state index contributed by atoms with van der Waals surface area (Å²) < 4.78 is 10.0. The average Bonchev–Trinajstić information content (AvgIpc) is 2.71. The molecule has 6 nitrogen and oxygen atoms in total. The predicted octanol–water partition coefficient (Wildman–Crippen LogP) is 4.25. The van der Waals surface area contributed by atoms with Crippen LogP contribution >= 0.6 is 11.6 Å². The van der Waals surface area contributed by atoms with Crippen molar-refractivity contribution in [3.63, 3.8) is 0 Å². The van der Waals surface area contributed by atoms with Crippen molar-refractivity contribution in [2.24, 2.45) is 0 Å². The van der Waals surface area contributed by atoms with Crippen LogP contribution in [-0.4, -0.2) is 31.1 Å². The molecule has 0 aliphatic carbocycles. The lowest BCUT2D eigenvalue weighted by atomic mass is 10.0. The van der Waals surface area contributed by atoms with Crippen molar-refractivity contribution in [2.45, 2.75) is 12.8 Å². The molecule has 0 bridgehead atoms. The zero-order valence-electron chi connectivity index (χ0n) is 15.5. The van der Waals surface area contributed by atoms with Crippen molar-refractivity contribution < 1.29 is 19.1 Å². The summed E-state index contributed by atoms with van der Waals surface area (Å²) >= 11 is 6.23. The van der Waals surface area contributed by atoms with Crippen LogP contribution in [0.15, 0.2) is 48.5 Å². The third-order valence-electron chi connectivity index (χ3n) is 4.20. The molecule has 0 spiro atoms. The smallest absolute Gasteiger partial charge is 0.343 e. The summed E-state index contributed by atoms with van der Waals surface area (Å²) in [7, 11) is 2.73. The fourth-order valence-electron chi connectivity index (χ4n) is 2.90. The van der Waals surface area contributed by atoms with Gasteiger partial charge in [0.1, 0.15) is 5.56 Å². The van der Waals surface area contributed by atoms with Gasteiger partial charge in [-0.15, -0.1) is 0 Å². The van der Waals surface area contributed by atoms with Gasteiger partial charge in [-0.2, -0.15) is 0 Å². The molecular weight excluding hydrogens is 380 g/mol. The van der Waals surface area contributed by atoms with Gasteiger partial charge in [-0.1, -0.05) is 29.8 Å². The fraction of sp³-hybridized carbons (Fsp3) is 0.190. The van der Waals surface area contributed by atoms with Crippen LogP contribution in [0.4, 0.5) is 5.69 Å². The molecule has 0 atom stereocenters. The third kappa shape index (κ3) is 4.40. The number of halogens is 1. The average molecular weight is 399 g/mol.